The average Bonchev–Trinajstić information content (AvgIpc) is 2.82. The molecule has 1 unspecified atom stereocenters. The van der Waals surface area contributed by atoms with E-state index in [9.17, 15) is 13.2 Å². The molecule has 1 heterocycles. The number of nitrogens with two attached hydrogens (primary N) is 1. The zero-order valence-corrected chi connectivity index (χ0v) is 11.6. The summed E-state index contributed by atoms with van der Waals surface area (Å²) in [5.41, 5.74) is 2.56. The van der Waals surface area contributed by atoms with E-state index in [4.69, 9.17) is 5.84 Å². The first-order valence-electron chi connectivity index (χ1n) is 5.94. The highest BCUT2D eigenvalue weighted by Crippen LogP contribution is 2.31. The average molecular weight is 301 g/mol. The highest BCUT2D eigenvalue weighted by molar-refractivity contribution is 7.11. The summed E-state index contributed by atoms with van der Waals surface area (Å²) in [6.07, 6.45) is -2.26. The number of alkyl halides is 3. The molecule has 0 fully saturated rings. The Labute approximate surface area is 118 Å². The second-order valence-corrected chi connectivity index (χ2v) is 5.67. The molecule has 0 spiro atoms. The van der Waals surface area contributed by atoms with Crippen molar-refractivity contribution in [1.82, 2.24) is 10.4 Å². The standard InChI is InChI=1S/C13H14F3N3S/c1-8-18-7-12(20-8)11(19-17)6-9-3-2-4-10(5-9)13(14,15)16/h2-5,7,11,19H,6,17H2,1H3. The van der Waals surface area contributed by atoms with Gasteiger partial charge in [0.2, 0.25) is 0 Å². The van der Waals surface area contributed by atoms with Crippen LogP contribution in [0.1, 0.15) is 27.1 Å². The molecule has 1 aromatic carbocycles. The van der Waals surface area contributed by atoms with Crippen LogP contribution in [-0.4, -0.2) is 4.98 Å². The number of hydrogen-bond donors (Lipinski definition) is 2. The van der Waals surface area contributed by atoms with E-state index in [2.05, 4.69) is 10.4 Å². The summed E-state index contributed by atoms with van der Waals surface area (Å²) in [6, 6.07) is 5.03. The predicted molar refractivity (Wildman–Crippen MR) is 72.1 cm³/mol. The summed E-state index contributed by atoms with van der Waals surface area (Å²) < 4.78 is 38.0. The third-order valence-electron chi connectivity index (χ3n) is 2.88. The number of nitrogens with zero attached hydrogens (tertiary/aromatic N) is 1. The minimum atomic E-state index is -4.33. The van der Waals surface area contributed by atoms with Crippen LogP contribution in [0.5, 0.6) is 0 Å². The maximum atomic E-state index is 12.7. The summed E-state index contributed by atoms with van der Waals surface area (Å²) in [5, 5.41) is 0.893. The van der Waals surface area contributed by atoms with Crippen molar-refractivity contribution in [3.05, 3.63) is 51.5 Å². The topological polar surface area (TPSA) is 50.9 Å². The number of thiazole rings is 1. The van der Waals surface area contributed by atoms with Crippen LogP contribution in [0.15, 0.2) is 30.5 Å². The van der Waals surface area contributed by atoms with E-state index in [1.807, 2.05) is 6.92 Å². The number of aromatic nitrogens is 1. The molecule has 3 nitrogen and oxygen atoms in total. The van der Waals surface area contributed by atoms with Crippen LogP contribution >= 0.6 is 11.3 Å². The fourth-order valence-electron chi connectivity index (χ4n) is 1.89. The molecule has 7 heteroatoms. The maximum Gasteiger partial charge on any atom is 0.416 e. The lowest BCUT2D eigenvalue weighted by Crippen LogP contribution is -2.29. The molecule has 0 bridgehead atoms. The normalized spacial score (nSPS) is 13.4. The number of halogens is 3. The molecular weight excluding hydrogens is 287 g/mol. The highest BCUT2D eigenvalue weighted by atomic mass is 32.1. The lowest BCUT2D eigenvalue weighted by molar-refractivity contribution is -0.137. The zero-order chi connectivity index (χ0) is 14.8. The Morgan fingerprint density at radius 2 is 2.15 bits per heavy atom. The van der Waals surface area contributed by atoms with Crippen molar-refractivity contribution in [2.45, 2.75) is 25.6 Å². The van der Waals surface area contributed by atoms with Gasteiger partial charge in [0.25, 0.3) is 0 Å². The number of nitrogens with one attached hydrogen (secondary N) is 1. The quantitative estimate of drug-likeness (QED) is 0.673. The molecule has 0 aliphatic rings. The van der Waals surface area contributed by atoms with Gasteiger partial charge < -0.3 is 0 Å². The van der Waals surface area contributed by atoms with Gasteiger partial charge in [-0.1, -0.05) is 18.2 Å². The van der Waals surface area contributed by atoms with Crippen molar-refractivity contribution >= 4 is 11.3 Å². The number of benzene rings is 1. The van der Waals surface area contributed by atoms with Gasteiger partial charge in [-0.15, -0.1) is 11.3 Å². The van der Waals surface area contributed by atoms with Crippen molar-refractivity contribution in [2.75, 3.05) is 0 Å². The SMILES string of the molecule is Cc1ncc(C(Cc2cccc(C(F)(F)F)c2)NN)s1. The molecule has 0 saturated carbocycles. The molecule has 20 heavy (non-hydrogen) atoms. The Morgan fingerprint density at radius 1 is 1.40 bits per heavy atom. The number of hydrazine groups is 1. The molecule has 2 aromatic rings. The molecule has 0 amide bonds. The van der Waals surface area contributed by atoms with Gasteiger partial charge in [0.15, 0.2) is 0 Å². The van der Waals surface area contributed by atoms with Crippen molar-refractivity contribution in [1.29, 1.82) is 0 Å². The van der Waals surface area contributed by atoms with Crippen LogP contribution in [0.2, 0.25) is 0 Å². The van der Waals surface area contributed by atoms with E-state index in [0.29, 0.717) is 12.0 Å². The number of hydrogen-bond acceptors (Lipinski definition) is 4. The predicted octanol–water partition coefficient (Wildman–Crippen LogP) is 3.22. The lowest BCUT2D eigenvalue weighted by atomic mass is 10.0. The molecule has 2 rings (SSSR count). The first-order chi connectivity index (χ1) is 9.40. The summed E-state index contributed by atoms with van der Waals surface area (Å²) in [4.78, 5) is 5.03. The van der Waals surface area contributed by atoms with Gasteiger partial charge >= 0.3 is 6.18 Å². The lowest BCUT2D eigenvalue weighted by Gasteiger charge is -2.15. The number of aryl methyl sites for hydroxylation is 1. The Morgan fingerprint density at radius 3 is 2.70 bits per heavy atom. The van der Waals surface area contributed by atoms with E-state index < -0.39 is 11.7 Å². The van der Waals surface area contributed by atoms with Crippen molar-refractivity contribution < 1.29 is 13.2 Å². The second-order valence-electron chi connectivity index (χ2n) is 4.40. The minimum absolute atomic E-state index is 0.246. The van der Waals surface area contributed by atoms with E-state index in [0.717, 1.165) is 22.0 Å². The molecule has 108 valence electrons. The third kappa shape index (κ3) is 3.56. The third-order valence-corrected chi connectivity index (χ3v) is 3.90. The van der Waals surface area contributed by atoms with Gasteiger partial charge in [-0.05, 0) is 25.0 Å². The maximum absolute atomic E-state index is 12.7. The van der Waals surface area contributed by atoms with Gasteiger partial charge in [0, 0.05) is 11.1 Å². The van der Waals surface area contributed by atoms with Gasteiger partial charge in [-0.3, -0.25) is 11.3 Å². The first kappa shape index (κ1) is 15.0. The van der Waals surface area contributed by atoms with Gasteiger partial charge in [0.1, 0.15) is 0 Å². The van der Waals surface area contributed by atoms with Gasteiger partial charge in [-0.25, -0.2) is 4.98 Å². The van der Waals surface area contributed by atoms with Crippen LogP contribution in [0.25, 0.3) is 0 Å². The molecule has 1 atom stereocenters. The fraction of sp³-hybridized carbons (Fsp3) is 0.308. The van der Waals surface area contributed by atoms with Crippen molar-refractivity contribution in [3.8, 4) is 0 Å². The number of rotatable bonds is 4. The molecule has 0 saturated heterocycles. The largest absolute Gasteiger partial charge is 0.416 e. The van der Waals surface area contributed by atoms with Crippen molar-refractivity contribution in [3.63, 3.8) is 0 Å². The van der Waals surface area contributed by atoms with E-state index in [1.165, 1.54) is 17.4 Å². The molecule has 1 aromatic heterocycles. The molecule has 0 aliphatic heterocycles. The zero-order valence-electron chi connectivity index (χ0n) is 10.7. The summed E-state index contributed by atoms with van der Waals surface area (Å²) in [6.45, 7) is 1.87. The Kier molecular flexibility index (Phi) is 4.42. The Hall–Kier alpha value is -1.44. The van der Waals surface area contributed by atoms with Crippen LogP contribution in [0.3, 0.4) is 0 Å². The van der Waals surface area contributed by atoms with E-state index in [-0.39, 0.29) is 6.04 Å². The summed E-state index contributed by atoms with van der Waals surface area (Å²) >= 11 is 1.47. The molecule has 3 N–H and O–H groups in total. The second kappa shape index (κ2) is 5.90. The van der Waals surface area contributed by atoms with Gasteiger partial charge in [-0.2, -0.15) is 13.2 Å². The van der Waals surface area contributed by atoms with Gasteiger partial charge in [0.05, 0.1) is 16.6 Å². The molecule has 0 aliphatic carbocycles. The Balaban J connectivity index is 2.20. The monoisotopic (exact) mass is 301 g/mol. The molecule has 0 radical (unpaired) electrons. The summed E-state index contributed by atoms with van der Waals surface area (Å²) in [5.74, 6) is 5.49. The van der Waals surface area contributed by atoms with E-state index in [1.54, 1.807) is 12.3 Å². The van der Waals surface area contributed by atoms with Crippen LogP contribution in [0, 0.1) is 6.92 Å². The first-order valence-corrected chi connectivity index (χ1v) is 6.76. The van der Waals surface area contributed by atoms with Crippen LogP contribution in [0.4, 0.5) is 13.2 Å². The smallest absolute Gasteiger partial charge is 0.271 e. The van der Waals surface area contributed by atoms with E-state index >= 15 is 0 Å². The van der Waals surface area contributed by atoms with Crippen LogP contribution < -0.4 is 11.3 Å². The minimum Gasteiger partial charge on any atom is -0.271 e. The Bertz CT molecular complexity index is 580. The van der Waals surface area contributed by atoms with Crippen LogP contribution in [-0.2, 0) is 12.6 Å². The summed E-state index contributed by atoms with van der Waals surface area (Å²) in [7, 11) is 0. The fourth-order valence-corrected chi connectivity index (χ4v) is 2.74. The van der Waals surface area contributed by atoms with Crippen molar-refractivity contribution in [2.24, 2.45) is 5.84 Å². The highest BCUT2D eigenvalue weighted by Gasteiger charge is 2.30. The molecular formula is C13H14F3N3S.